The maximum Gasteiger partial charge on any atom is 0.119 e. The Morgan fingerprint density at radius 1 is 1.06 bits per heavy atom. The Kier molecular flexibility index (Phi) is 2.95. The normalized spacial score (nSPS) is 10.2. The molecule has 0 spiro atoms. The van der Waals surface area contributed by atoms with Gasteiger partial charge in [0.15, 0.2) is 0 Å². The molecule has 0 aliphatic rings. The molecule has 2 aromatic carbocycles. The number of rotatable bonds is 2. The van der Waals surface area contributed by atoms with Gasteiger partial charge in [0, 0.05) is 0 Å². The van der Waals surface area contributed by atoms with Gasteiger partial charge in [-0.25, -0.2) is 0 Å². The summed E-state index contributed by atoms with van der Waals surface area (Å²) in [6.07, 6.45) is 0. The van der Waals surface area contributed by atoms with Crippen molar-refractivity contribution in [1.29, 1.82) is 0 Å². The number of benzene rings is 2. The van der Waals surface area contributed by atoms with E-state index in [2.05, 4.69) is 38.1 Å². The van der Waals surface area contributed by atoms with Crippen LogP contribution in [-0.2, 0) is 0 Å². The second kappa shape index (κ2) is 4.40. The average molecular weight is 211 g/mol. The lowest BCUT2D eigenvalue weighted by Gasteiger charge is -2.08. The molecule has 1 radical (unpaired) electrons. The van der Waals surface area contributed by atoms with Gasteiger partial charge in [0.2, 0.25) is 0 Å². The Labute approximate surface area is 96.7 Å². The third-order valence-electron chi connectivity index (χ3n) is 2.68. The topological polar surface area (TPSA) is 9.23 Å². The number of hydrogen-bond acceptors (Lipinski definition) is 1. The first-order valence-electron chi connectivity index (χ1n) is 5.34. The van der Waals surface area contributed by atoms with Crippen LogP contribution >= 0.6 is 0 Å². The lowest BCUT2D eigenvalue weighted by Crippen LogP contribution is -1.87. The first kappa shape index (κ1) is 10.7. The summed E-state index contributed by atoms with van der Waals surface area (Å²) >= 11 is 0. The van der Waals surface area contributed by atoms with Crippen LogP contribution in [0.15, 0.2) is 36.4 Å². The molecule has 0 aromatic heterocycles. The SMILES string of the molecule is COc1cc[c]c(-c2ccc(C)cc2C)c1. The van der Waals surface area contributed by atoms with Crippen LogP contribution in [0.1, 0.15) is 11.1 Å². The zero-order chi connectivity index (χ0) is 11.5. The Balaban J connectivity index is 2.49. The monoisotopic (exact) mass is 211 g/mol. The van der Waals surface area contributed by atoms with E-state index in [0.717, 1.165) is 11.3 Å². The molecule has 0 bridgehead atoms. The Morgan fingerprint density at radius 3 is 2.56 bits per heavy atom. The molecule has 0 amide bonds. The van der Waals surface area contributed by atoms with Crippen LogP contribution in [0.2, 0.25) is 0 Å². The molecular formula is C15H15O. The zero-order valence-corrected chi connectivity index (χ0v) is 9.87. The van der Waals surface area contributed by atoms with Crippen LogP contribution < -0.4 is 4.74 Å². The van der Waals surface area contributed by atoms with Gasteiger partial charge in [0.05, 0.1) is 7.11 Å². The maximum absolute atomic E-state index is 5.22. The van der Waals surface area contributed by atoms with E-state index in [1.165, 1.54) is 16.7 Å². The third-order valence-corrected chi connectivity index (χ3v) is 2.68. The molecule has 16 heavy (non-hydrogen) atoms. The fourth-order valence-electron chi connectivity index (χ4n) is 1.84. The van der Waals surface area contributed by atoms with Gasteiger partial charge in [-0.3, -0.25) is 0 Å². The fraction of sp³-hybridized carbons (Fsp3) is 0.200. The minimum atomic E-state index is 0.869. The molecule has 1 heteroatoms. The van der Waals surface area contributed by atoms with Crippen molar-refractivity contribution >= 4 is 0 Å². The molecular weight excluding hydrogens is 196 g/mol. The molecule has 81 valence electrons. The highest BCUT2D eigenvalue weighted by Gasteiger charge is 2.03. The Hall–Kier alpha value is -1.76. The van der Waals surface area contributed by atoms with Crippen molar-refractivity contribution in [3.63, 3.8) is 0 Å². The molecule has 1 nitrogen and oxygen atoms in total. The largest absolute Gasteiger partial charge is 0.497 e. The smallest absolute Gasteiger partial charge is 0.119 e. The van der Waals surface area contributed by atoms with Gasteiger partial charge >= 0.3 is 0 Å². The van der Waals surface area contributed by atoms with Crippen LogP contribution in [0.5, 0.6) is 5.75 Å². The number of ether oxygens (including phenoxy) is 1. The molecule has 0 saturated carbocycles. The lowest BCUT2D eigenvalue weighted by atomic mass is 9.99. The summed E-state index contributed by atoms with van der Waals surface area (Å²) in [7, 11) is 1.68. The highest BCUT2D eigenvalue weighted by atomic mass is 16.5. The van der Waals surface area contributed by atoms with Crippen LogP contribution in [0.4, 0.5) is 0 Å². The third kappa shape index (κ3) is 2.08. The number of aryl methyl sites for hydroxylation is 2. The fourth-order valence-corrected chi connectivity index (χ4v) is 1.84. The van der Waals surface area contributed by atoms with Gasteiger partial charge < -0.3 is 4.74 Å². The highest BCUT2D eigenvalue weighted by molar-refractivity contribution is 5.68. The van der Waals surface area contributed by atoms with Gasteiger partial charge in [-0.1, -0.05) is 29.8 Å². The van der Waals surface area contributed by atoms with Crippen molar-refractivity contribution in [3.05, 3.63) is 53.6 Å². The van der Waals surface area contributed by atoms with E-state index in [0.29, 0.717) is 0 Å². The lowest BCUT2D eigenvalue weighted by molar-refractivity contribution is 0.415. The van der Waals surface area contributed by atoms with E-state index in [-0.39, 0.29) is 0 Å². The molecule has 0 N–H and O–H groups in total. The van der Waals surface area contributed by atoms with Gasteiger partial charge in [0.25, 0.3) is 0 Å². The molecule has 0 unspecified atom stereocenters. The van der Waals surface area contributed by atoms with E-state index >= 15 is 0 Å². The first-order chi connectivity index (χ1) is 7.70. The quantitative estimate of drug-likeness (QED) is 0.734. The summed E-state index contributed by atoms with van der Waals surface area (Å²) in [6.45, 7) is 4.22. The van der Waals surface area contributed by atoms with E-state index < -0.39 is 0 Å². The molecule has 0 heterocycles. The Morgan fingerprint density at radius 2 is 1.88 bits per heavy atom. The standard InChI is InChI=1S/C15H15O/c1-11-7-8-15(12(2)9-11)13-5-4-6-14(10-13)16-3/h4,6-10H,1-3H3. The molecule has 0 atom stereocenters. The summed E-state index contributed by atoms with van der Waals surface area (Å²) in [5.41, 5.74) is 4.84. The molecule has 0 saturated heterocycles. The average Bonchev–Trinajstić information content (AvgIpc) is 2.29. The van der Waals surface area contributed by atoms with Gasteiger partial charge in [-0.2, -0.15) is 0 Å². The van der Waals surface area contributed by atoms with Crippen molar-refractivity contribution in [2.75, 3.05) is 7.11 Å². The van der Waals surface area contributed by atoms with Crippen molar-refractivity contribution < 1.29 is 4.74 Å². The summed E-state index contributed by atoms with van der Waals surface area (Å²) in [5, 5.41) is 0. The van der Waals surface area contributed by atoms with E-state index in [1.54, 1.807) is 7.11 Å². The molecule has 0 aliphatic carbocycles. The van der Waals surface area contributed by atoms with Gasteiger partial charge in [-0.05, 0) is 48.7 Å². The van der Waals surface area contributed by atoms with Gasteiger partial charge in [0.1, 0.15) is 5.75 Å². The zero-order valence-electron chi connectivity index (χ0n) is 9.87. The maximum atomic E-state index is 5.22. The number of hydrogen-bond donors (Lipinski definition) is 0. The second-order valence-electron chi connectivity index (χ2n) is 3.96. The predicted octanol–water partition coefficient (Wildman–Crippen LogP) is 3.78. The van der Waals surface area contributed by atoms with Crippen molar-refractivity contribution in [2.45, 2.75) is 13.8 Å². The summed E-state index contributed by atoms with van der Waals surface area (Å²) in [6, 6.07) is 15.5. The molecule has 2 rings (SSSR count). The van der Waals surface area contributed by atoms with Crippen molar-refractivity contribution in [1.82, 2.24) is 0 Å². The molecule has 0 aliphatic heterocycles. The highest BCUT2D eigenvalue weighted by Crippen LogP contribution is 2.26. The second-order valence-corrected chi connectivity index (χ2v) is 3.96. The predicted molar refractivity (Wildman–Crippen MR) is 66.7 cm³/mol. The van der Waals surface area contributed by atoms with E-state index in [4.69, 9.17) is 4.74 Å². The summed E-state index contributed by atoms with van der Waals surface area (Å²) in [4.78, 5) is 0. The van der Waals surface area contributed by atoms with Crippen molar-refractivity contribution in [3.8, 4) is 16.9 Å². The van der Waals surface area contributed by atoms with E-state index in [1.807, 2.05) is 18.2 Å². The van der Waals surface area contributed by atoms with Crippen LogP contribution in [0, 0.1) is 19.9 Å². The molecule has 2 aromatic rings. The first-order valence-corrected chi connectivity index (χ1v) is 5.34. The van der Waals surface area contributed by atoms with Crippen LogP contribution in [0.3, 0.4) is 0 Å². The molecule has 0 fully saturated rings. The van der Waals surface area contributed by atoms with Gasteiger partial charge in [-0.15, -0.1) is 0 Å². The summed E-state index contributed by atoms with van der Waals surface area (Å²) in [5.74, 6) is 0.869. The van der Waals surface area contributed by atoms with E-state index in [9.17, 15) is 0 Å². The van der Waals surface area contributed by atoms with Crippen LogP contribution in [-0.4, -0.2) is 7.11 Å². The number of methoxy groups -OCH3 is 1. The summed E-state index contributed by atoms with van der Waals surface area (Å²) < 4.78 is 5.22. The van der Waals surface area contributed by atoms with Crippen LogP contribution in [0.25, 0.3) is 11.1 Å². The van der Waals surface area contributed by atoms with Crippen molar-refractivity contribution in [2.24, 2.45) is 0 Å². The Bertz CT molecular complexity index is 501. The minimum absolute atomic E-state index is 0.869. The minimum Gasteiger partial charge on any atom is -0.497 e.